The minimum Gasteiger partial charge on any atom is -0.460 e. The topological polar surface area (TPSA) is 65.1 Å². The quantitative estimate of drug-likeness (QED) is 0.227. The minimum absolute atomic E-state index is 0.0186. The molecule has 0 fully saturated rings. The second-order valence-electron chi connectivity index (χ2n) is 7.74. The first kappa shape index (κ1) is 22.3. The van der Waals surface area contributed by atoms with E-state index < -0.39 is 17.5 Å². The van der Waals surface area contributed by atoms with Gasteiger partial charge in [0.15, 0.2) is 0 Å². The molecule has 6 heteroatoms. The van der Waals surface area contributed by atoms with E-state index in [0.29, 0.717) is 22.4 Å². The molecule has 0 N–H and O–H groups in total. The first-order valence-corrected chi connectivity index (χ1v) is 10.6. The van der Waals surface area contributed by atoms with Gasteiger partial charge in [0.25, 0.3) is 0 Å². The third kappa shape index (κ3) is 4.13. The second-order valence-corrected chi connectivity index (χ2v) is 7.74. The third-order valence-electron chi connectivity index (χ3n) is 5.51. The highest BCUT2D eigenvalue weighted by molar-refractivity contribution is 5.95. The summed E-state index contributed by atoms with van der Waals surface area (Å²) in [4.78, 5) is 27.7. The van der Waals surface area contributed by atoms with Crippen LogP contribution in [-0.4, -0.2) is 32.2 Å². The molecule has 3 aromatic carbocycles. The fourth-order valence-electron chi connectivity index (χ4n) is 3.96. The molecule has 0 spiro atoms. The Morgan fingerprint density at radius 1 is 0.848 bits per heavy atom. The Balaban J connectivity index is 1.79. The molecule has 0 saturated carbocycles. The number of fused-ring (bicyclic) bond motifs is 2. The average Bonchev–Trinajstić information content (AvgIpc) is 2.84. The maximum absolute atomic E-state index is 13.9. The molecule has 168 valence electrons. The molecule has 33 heavy (non-hydrogen) atoms. The first-order chi connectivity index (χ1) is 15.9. The Hall–Kier alpha value is -3.90. The van der Waals surface area contributed by atoms with Crippen LogP contribution in [0.5, 0.6) is 5.75 Å². The van der Waals surface area contributed by atoms with Crippen molar-refractivity contribution in [2.45, 2.75) is 12.5 Å². The van der Waals surface area contributed by atoms with Crippen LogP contribution in [0, 0.1) is 0 Å². The number of rotatable bonds is 7. The van der Waals surface area contributed by atoms with Crippen molar-refractivity contribution in [3.8, 4) is 5.75 Å². The number of anilines is 2. The minimum atomic E-state index is -1.55. The Kier molecular flexibility index (Phi) is 6.29. The normalized spacial score (nSPS) is 13.5. The summed E-state index contributed by atoms with van der Waals surface area (Å²) >= 11 is 0. The van der Waals surface area contributed by atoms with E-state index in [1.807, 2.05) is 66.5 Å². The monoisotopic (exact) mass is 443 g/mol. The smallest absolute Gasteiger partial charge is 0.353 e. The van der Waals surface area contributed by atoms with Gasteiger partial charge < -0.3 is 19.1 Å². The van der Waals surface area contributed by atoms with E-state index in [9.17, 15) is 9.59 Å². The van der Waals surface area contributed by atoms with Crippen LogP contribution in [0.25, 0.3) is 0 Å². The largest absolute Gasteiger partial charge is 0.460 e. The van der Waals surface area contributed by atoms with Crippen LogP contribution in [0.4, 0.5) is 11.4 Å². The van der Waals surface area contributed by atoms with Gasteiger partial charge in [-0.2, -0.15) is 0 Å². The van der Waals surface area contributed by atoms with Crippen molar-refractivity contribution >= 4 is 23.3 Å². The number of ether oxygens (including phenoxy) is 3. The molecule has 1 heterocycles. The predicted molar refractivity (Wildman–Crippen MR) is 126 cm³/mol. The average molecular weight is 443 g/mol. The molecule has 1 aliphatic heterocycles. The molecule has 0 atom stereocenters. The lowest BCUT2D eigenvalue weighted by molar-refractivity contribution is -0.161. The second kappa shape index (κ2) is 9.30. The van der Waals surface area contributed by atoms with Crippen LogP contribution in [0.2, 0.25) is 0 Å². The van der Waals surface area contributed by atoms with Crippen LogP contribution in [0.15, 0.2) is 91.0 Å². The van der Waals surface area contributed by atoms with Gasteiger partial charge in [-0.25, -0.2) is 9.59 Å². The molecule has 0 saturated heterocycles. The zero-order chi connectivity index (χ0) is 23.4. The van der Waals surface area contributed by atoms with Crippen molar-refractivity contribution in [2.75, 3.05) is 25.2 Å². The van der Waals surface area contributed by atoms with Crippen LogP contribution < -0.4 is 9.64 Å². The summed E-state index contributed by atoms with van der Waals surface area (Å²) in [7, 11) is 1.94. The third-order valence-corrected chi connectivity index (χ3v) is 5.51. The van der Waals surface area contributed by atoms with E-state index in [0.717, 1.165) is 11.4 Å². The van der Waals surface area contributed by atoms with Crippen molar-refractivity contribution in [1.82, 2.24) is 0 Å². The van der Waals surface area contributed by atoms with E-state index in [1.54, 1.807) is 31.2 Å². The molecule has 0 aromatic heterocycles. The molecule has 0 radical (unpaired) electrons. The van der Waals surface area contributed by atoms with Crippen LogP contribution in [0.3, 0.4) is 0 Å². The zero-order valence-corrected chi connectivity index (χ0v) is 18.6. The van der Waals surface area contributed by atoms with E-state index in [4.69, 9.17) is 14.2 Å². The maximum atomic E-state index is 13.9. The molecule has 0 unspecified atom stereocenters. The van der Waals surface area contributed by atoms with Crippen molar-refractivity contribution < 1.29 is 23.8 Å². The number of carbonyl (C=O) groups excluding carboxylic acids is 2. The lowest BCUT2D eigenvalue weighted by Crippen LogP contribution is -2.47. The van der Waals surface area contributed by atoms with Gasteiger partial charge in [-0.3, -0.25) is 0 Å². The molecule has 0 aliphatic carbocycles. The van der Waals surface area contributed by atoms with Gasteiger partial charge in [-0.05, 0) is 31.2 Å². The zero-order valence-electron chi connectivity index (χ0n) is 18.6. The van der Waals surface area contributed by atoms with Crippen LogP contribution >= 0.6 is 0 Å². The Labute approximate surface area is 193 Å². The van der Waals surface area contributed by atoms with Crippen molar-refractivity contribution in [2.24, 2.45) is 0 Å². The standard InChI is InChI=1S/C27H25NO5/c1-19(2)25(29)31-17-18-32-27(26(30)33-20-11-5-4-6-12-20)21-13-7-9-15-23(21)28(3)24-16-10-8-14-22(24)27/h4-16H,1,17-18H2,2-3H3. The summed E-state index contributed by atoms with van der Waals surface area (Å²) in [6.45, 7) is 5.11. The van der Waals surface area contributed by atoms with E-state index in [1.165, 1.54) is 0 Å². The van der Waals surface area contributed by atoms with Gasteiger partial charge in [-0.1, -0.05) is 61.2 Å². The molecule has 0 amide bonds. The number of nitrogens with zero attached hydrogens (tertiary/aromatic N) is 1. The van der Waals surface area contributed by atoms with E-state index in [-0.39, 0.29) is 13.2 Å². The van der Waals surface area contributed by atoms with Gasteiger partial charge in [0, 0.05) is 35.1 Å². The first-order valence-electron chi connectivity index (χ1n) is 10.6. The van der Waals surface area contributed by atoms with E-state index in [2.05, 4.69) is 6.58 Å². The molecule has 4 rings (SSSR count). The molecular weight excluding hydrogens is 418 g/mol. The number of benzene rings is 3. The van der Waals surface area contributed by atoms with Gasteiger partial charge in [0.2, 0.25) is 5.60 Å². The van der Waals surface area contributed by atoms with Crippen molar-refractivity contribution in [3.63, 3.8) is 0 Å². The number of carbonyl (C=O) groups is 2. The molecular formula is C27H25NO5. The number of para-hydroxylation sites is 3. The van der Waals surface area contributed by atoms with Crippen molar-refractivity contribution in [1.29, 1.82) is 0 Å². The van der Waals surface area contributed by atoms with Crippen molar-refractivity contribution in [3.05, 3.63) is 102 Å². The lowest BCUT2D eigenvalue weighted by atomic mass is 9.80. The van der Waals surface area contributed by atoms with Gasteiger partial charge in [0.05, 0.1) is 6.61 Å². The summed E-state index contributed by atoms with van der Waals surface area (Å²) < 4.78 is 17.4. The van der Waals surface area contributed by atoms with E-state index >= 15 is 0 Å². The molecule has 6 nitrogen and oxygen atoms in total. The highest BCUT2D eigenvalue weighted by Gasteiger charge is 2.51. The fourth-order valence-corrected chi connectivity index (χ4v) is 3.96. The predicted octanol–water partition coefficient (Wildman–Crippen LogP) is 4.75. The number of esters is 2. The summed E-state index contributed by atoms with van der Waals surface area (Å²) in [5.74, 6) is -0.676. The Bertz CT molecular complexity index is 1140. The van der Waals surface area contributed by atoms with Crippen LogP contribution in [0.1, 0.15) is 18.1 Å². The Morgan fingerprint density at radius 3 is 1.97 bits per heavy atom. The SMILES string of the molecule is C=C(C)C(=O)OCCOC1(C(=O)Oc2ccccc2)c2ccccc2N(C)c2ccccc21. The highest BCUT2D eigenvalue weighted by Crippen LogP contribution is 2.49. The highest BCUT2D eigenvalue weighted by atomic mass is 16.6. The van der Waals surface area contributed by atoms with Gasteiger partial charge in [0.1, 0.15) is 12.4 Å². The summed E-state index contributed by atoms with van der Waals surface area (Å²) in [5, 5.41) is 0. The van der Waals surface area contributed by atoms with Gasteiger partial charge >= 0.3 is 11.9 Å². The van der Waals surface area contributed by atoms with Gasteiger partial charge in [-0.15, -0.1) is 0 Å². The summed E-state index contributed by atoms with van der Waals surface area (Å²) in [6.07, 6.45) is 0. The summed E-state index contributed by atoms with van der Waals surface area (Å²) in [5.41, 5.74) is 1.69. The van der Waals surface area contributed by atoms with Crippen LogP contribution in [-0.2, 0) is 24.7 Å². The number of hydrogen-bond acceptors (Lipinski definition) is 6. The fraction of sp³-hybridized carbons (Fsp3) is 0.185. The Morgan fingerprint density at radius 2 is 1.39 bits per heavy atom. The molecule has 0 bridgehead atoms. The lowest BCUT2D eigenvalue weighted by Gasteiger charge is -2.42. The molecule has 1 aliphatic rings. The summed E-state index contributed by atoms with van der Waals surface area (Å²) in [6, 6.07) is 24.0. The molecule has 3 aromatic rings. The number of hydrogen-bond donors (Lipinski definition) is 0. The maximum Gasteiger partial charge on any atom is 0.353 e.